The Hall–Kier alpha value is -0.101. The van der Waals surface area contributed by atoms with Crippen LogP contribution in [-0.2, 0) is 3.07 Å². The van der Waals surface area contributed by atoms with Crippen molar-refractivity contribution < 1.29 is 3.07 Å². The fraction of sp³-hybridized carbons (Fsp3) is 0.600. The van der Waals surface area contributed by atoms with Gasteiger partial charge in [-0.1, -0.05) is 0 Å². The average molecular weight is 365 g/mol. The fourth-order valence-electron chi connectivity index (χ4n) is 3.14. The molecule has 2 aliphatic rings. The zero-order valence-corrected chi connectivity index (χ0v) is 14.2. The summed E-state index contributed by atoms with van der Waals surface area (Å²) in [5.74, 6) is 0. The Morgan fingerprint density at radius 3 is 3.00 bits per heavy atom. The summed E-state index contributed by atoms with van der Waals surface area (Å²) in [4.78, 5) is 2.69. The molecule has 2 unspecified atom stereocenters. The SMILES string of the molecule is c1ccc(C2CC(N3CC[O][Sn][CH2]C3)CCN2)cc1. The maximum absolute atomic E-state index is 5.74. The van der Waals surface area contributed by atoms with Crippen molar-refractivity contribution >= 4 is 21.6 Å². The fourth-order valence-corrected chi connectivity index (χ4v) is 5.31. The quantitative estimate of drug-likeness (QED) is 0.810. The summed E-state index contributed by atoms with van der Waals surface area (Å²) in [7, 11) is 0. The molecule has 1 aromatic rings. The normalized spacial score (nSPS) is 29.9. The summed E-state index contributed by atoms with van der Waals surface area (Å²) in [5.41, 5.74) is 1.44. The topological polar surface area (TPSA) is 24.5 Å². The Labute approximate surface area is 126 Å². The number of piperidine rings is 1. The predicted octanol–water partition coefficient (Wildman–Crippen LogP) is 1.85. The Morgan fingerprint density at radius 2 is 2.11 bits per heavy atom. The van der Waals surface area contributed by atoms with Gasteiger partial charge in [0, 0.05) is 0 Å². The van der Waals surface area contributed by atoms with Crippen LogP contribution in [0.5, 0.6) is 0 Å². The summed E-state index contributed by atoms with van der Waals surface area (Å²) < 4.78 is 7.09. The third kappa shape index (κ3) is 3.71. The zero-order valence-electron chi connectivity index (χ0n) is 11.3. The molecule has 4 heteroatoms. The van der Waals surface area contributed by atoms with E-state index < -0.39 is 21.6 Å². The van der Waals surface area contributed by atoms with Crippen molar-refractivity contribution in [1.29, 1.82) is 0 Å². The van der Waals surface area contributed by atoms with Crippen molar-refractivity contribution in [2.45, 2.75) is 29.4 Å². The van der Waals surface area contributed by atoms with E-state index in [1.54, 1.807) is 0 Å². The molecule has 0 spiro atoms. The Balaban J connectivity index is 1.64. The number of nitrogens with one attached hydrogen (secondary N) is 1. The Bertz CT molecular complexity index is 379. The average Bonchev–Trinajstić information content (AvgIpc) is 2.77. The van der Waals surface area contributed by atoms with Crippen LogP contribution in [0.3, 0.4) is 0 Å². The third-order valence-corrected chi connectivity index (χ3v) is 6.56. The van der Waals surface area contributed by atoms with Crippen molar-refractivity contribution in [1.82, 2.24) is 10.2 Å². The van der Waals surface area contributed by atoms with Crippen molar-refractivity contribution in [2.24, 2.45) is 0 Å². The first kappa shape index (κ1) is 13.9. The molecule has 3 nitrogen and oxygen atoms in total. The number of nitrogens with zero attached hydrogens (tertiary/aromatic N) is 1. The molecule has 2 heterocycles. The molecule has 0 bridgehead atoms. The zero-order chi connectivity index (χ0) is 12.9. The van der Waals surface area contributed by atoms with Gasteiger partial charge in [-0.25, -0.2) is 0 Å². The Morgan fingerprint density at radius 1 is 1.21 bits per heavy atom. The van der Waals surface area contributed by atoms with Gasteiger partial charge in [0.1, 0.15) is 0 Å². The van der Waals surface area contributed by atoms with Crippen molar-refractivity contribution in [3.63, 3.8) is 0 Å². The molecule has 0 saturated carbocycles. The molecule has 102 valence electrons. The van der Waals surface area contributed by atoms with Crippen LogP contribution in [0, 0.1) is 0 Å². The van der Waals surface area contributed by atoms with Gasteiger partial charge < -0.3 is 0 Å². The summed E-state index contributed by atoms with van der Waals surface area (Å²) in [6.45, 7) is 4.54. The van der Waals surface area contributed by atoms with E-state index in [0.717, 1.165) is 25.7 Å². The summed E-state index contributed by atoms with van der Waals surface area (Å²) in [6.07, 6.45) is 2.53. The van der Waals surface area contributed by atoms with Gasteiger partial charge in [0.25, 0.3) is 0 Å². The monoisotopic (exact) mass is 366 g/mol. The second-order valence-corrected chi connectivity index (χ2v) is 8.45. The molecule has 19 heavy (non-hydrogen) atoms. The molecular weight excluding hydrogens is 343 g/mol. The standard InChI is InChI=1S/C15H22N2O.Sn/c1-2-17(10-11-18)14-8-9-16-15(12-14)13-6-4-3-5-7-13;/h3-7,14-16H,1-2,8-12H2;/q-1;+1. The molecule has 2 atom stereocenters. The van der Waals surface area contributed by atoms with E-state index in [1.807, 2.05) is 0 Å². The molecule has 2 fully saturated rings. The van der Waals surface area contributed by atoms with Gasteiger partial charge in [-0.15, -0.1) is 0 Å². The van der Waals surface area contributed by atoms with Crippen LogP contribution in [0.1, 0.15) is 24.4 Å². The molecule has 0 aliphatic carbocycles. The first-order valence-electron chi connectivity index (χ1n) is 7.30. The molecule has 1 aromatic carbocycles. The van der Waals surface area contributed by atoms with E-state index in [1.165, 1.54) is 29.4 Å². The van der Waals surface area contributed by atoms with Gasteiger partial charge in [0.15, 0.2) is 0 Å². The first-order valence-corrected chi connectivity index (χ1v) is 10.5. The summed E-state index contributed by atoms with van der Waals surface area (Å²) in [6, 6.07) is 12.2. The third-order valence-electron chi connectivity index (χ3n) is 4.18. The second kappa shape index (κ2) is 7.06. The van der Waals surface area contributed by atoms with Gasteiger partial charge in [-0.2, -0.15) is 0 Å². The number of hydrogen-bond donors (Lipinski definition) is 1. The van der Waals surface area contributed by atoms with Crippen LogP contribution in [0.25, 0.3) is 0 Å². The molecule has 2 saturated heterocycles. The van der Waals surface area contributed by atoms with Gasteiger partial charge in [-0.3, -0.25) is 0 Å². The summed E-state index contributed by atoms with van der Waals surface area (Å²) in [5, 5.41) is 3.67. The van der Waals surface area contributed by atoms with E-state index in [9.17, 15) is 0 Å². The van der Waals surface area contributed by atoms with E-state index in [4.69, 9.17) is 3.07 Å². The number of hydrogen-bond acceptors (Lipinski definition) is 3. The predicted molar refractivity (Wildman–Crippen MR) is 78.3 cm³/mol. The molecule has 0 amide bonds. The van der Waals surface area contributed by atoms with Crippen LogP contribution in [0.4, 0.5) is 0 Å². The molecule has 0 aromatic heterocycles. The summed E-state index contributed by atoms with van der Waals surface area (Å²) >= 11 is -0.472. The van der Waals surface area contributed by atoms with E-state index in [0.29, 0.717) is 6.04 Å². The molecule has 2 aliphatic heterocycles. The second-order valence-electron chi connectivity index (χ2n) is 5.37. The van der Waals surface area contributed by atoms with Gasteiger partial charge in [0.05, 0.1) is 0 Å². The van der Waals surface area contributed by atoms with Gasteiger partial charge >= 0.3 is 126 Å². The number of benzene rings is 1. The van der Waals surface area contributed by atoms with Crippen LogP contribution in [0.2, 0.25) is 4.44 Å². The van der Waals surface area contributed by atoms with Crippen molar-refractivity contribution in [2.75, 3.05) is 26.2 Å². The van der Waals surface area contributed by atoms with Crippen molar-refractivity contribution in [3.8, 4) is 0 Å². The Kier molecular flexibility index (Phi) is 5.15. The molecule has 3 rings (SSSR count). The minimum absolute atomic E-state index is 0.472. The van der Waals surface area contributed by atoms with Crippen LogP contribution >= 0.6 is 0 Å². The van der Waals surface area contributed by atoms with Gasteiger partial charge in [-0.05, 0) is 0 Å². The van der Waals surface area contributed by atoms with Crippen LogP contribution in [-0.4, -0.2) is 58.7 Å². The van der Waals surface area contributed by atoms with Crippen LogP contribution < -0.4 is 5.32 Å². The molecule has 2 radical (unpaired) electrons. The van der Waals surface area contributed by atoms with Gasteiger partial charge in [0.2, 0.25) is 0 Å². The van der Waals surface area contributed by atoms with E-state index >= 15 is 0 Å². The minimum atomic E-state index is -0.472. The molecular formula is C15H22N2OSn. The van der Waals surface area contributed by atoms with Crippen molar-refractivity contribution in [3.05, 3.63) is 35.9 Å². The molecule has 1 N–H and O–H groups in total. The maximum atomic E-state index is 5.74. The van der Waals surface area contributed by atoms with Crippen LogP contribution in [0.15, 0.2) is 30.3 Å². The van der Waals surface area contributed by atoms with E-state index in [-0.39, 0.29) is 0 Å². The number of rotatable bonds is 2. The van der Waals surface area contributed by atoms with E-state index in [2.05, 4.69) is 40.5 Å². The first-order chi connectivity index (χ1) is 9.43.